The van der Waals surface area contributed by atoms with Gasteiger partial charge in [-0.05, 0) is 19.1 Å². The number of hydrogen-bond donors (Lipinski definition) is 1. The molecule has 1 aromatic heterocycles. The third-order valence-electron chi connectivity index (χ3n) is 2.20. The number of aromatic nitrogens is 2. The lowest BCUT2D eigenvalue weighted by Crippen LogP contribution is -2.03. The van der Waals surface area contributed by atoms with Crippen LogP contribution in [-0.2, 0) is 6.54 Å². The Bertz CT molecular complexity index is 310. The number of thioether (sulfide) groups is 1. The van der Waals surface area contributed by atoms with Gasteiger partial charge in [0.2, 0.25) is 0 Å². The van der Waals surface area contributed by atoms with Crippen LogP contribution in [0.1, 0.15) is 30.1 Å². The van der Waals surface area contributed by atoms with E-state index in [2.05, 4.69) is 9.97 Å². The van der Waals surface area contributed by atoms with Crippen molar-refractivity contribution in [3.05, 3.63) is 17.6 Å². The van der Waals surface area contributed by atoms with Crippen molar-refractivity contribution in [1.82, 2.24) is 9.97 Å². The topological polar surface area (TPSA) is 51.8 Å². The van der Waals surface area contributed by atoms with Crippen LogP contribution in [-0.4, -0.2) is 16.2 Å². The zero-order chi connectivity index (χ0) is 9.26. The zero-order valence-electron chi connectivity index (χ0n) is 7.66. The molecule has 0 atom stereocenters. The molecule has 4 heteroatoms. The fraction of sp³-hybridized carbons (Fsp3) is 0.556. The molecule has 0 aliphatic heterocycles. The van der Waals surface area contributed by atoms with Crippen molar-refractivity contribution in [2.45, 2.75) is 30.3 Å². The predicted octanol–water partition coefficient (Wildman–Crippen LogP) is 1.53. The van der Waals surface area contributed by atoms with Gasteiger partial charge >= 0.3 is 0 Å². The van der Waals surface area contributed by atoms with Crippen LogP contribution >= 0.6 is 11.8 Å². The molecule has 0 spiro atoms. The van der Waals surface area contributed by atoms with Crippen LogP contribution in [0.15, 0.2) is 11.2 Å². The molecule has 1 aromatic rings. The summed E-state index contributed by atoms with van der Waals surface area (Å²) in [6.07, 6.45) is 6.39. The molecule has 0 aromatic carbocycles. The first kappa shape index (κ1) is 8.97. The van der Waals surface area contributed by atoms with Crippen LogP contribution in [0, 0.1) is 0 Å². The Kier molecular flexibility index (Phi) is 2.51. The number of nitrogens with zero attached hydrogens (tertiary/aromatic N) is 2. The SMILES string of the molecule is CSc1nc(C2CC2)ncc1CN. The molecule has 0 bridgehead atoms. The van der Waals surface area contributed by atoms with Gasteiger partial charge in [0.05, 0.1) is 0 Å². The number of nitrogens with two attached hydrogens (primary N) is 1. The van der Waals surface area contributed by atoms with E-state index >= 15 is 0 Å². The summed E-state index contributed by atoms with van der Waals surface area (Å²) < 4.78 is 0. The Hall–Kier alpha value is -0.610. The highest BCUT2D eigenvalue weighted by Gasteiger charge is 2.26. The first-order valence-corrected chi connectivity index (χ1v) is 5.67. The summed E-state index contributed by atoms with van der Waals surface area (Å²) in [5.74, 6) is 1.62. The molecule has 2 N–H and O–H groups in total. The lowest BCUT2D eigenvalue weighted by molar-refractivity contribution is 0.835. The molecule has 1 fully saturated rings. The third-order valence-corrected chi connectivity index (χ3v) is 2.94. The molecule has 1 aliphatic carbocycles. The maximum absolute atomic E-state index is 5.57. The van der Waals surface area contributed by atoms with E-state index in [0.717, 1.165) is 16.4 Å². The summed E-state index contributed by atoms with van der Waals surface area (Å²) >= 11 is 1.65. The van der Waals surface area contributed by atoms with Crippen molar-refractivity contribution in [2.24, 2.45) is 5.73 Å². The monoisotopic (exact) mass is 195 g/mol. The normalized spacial score (nSPS) is 16.2. The summed E-state index contributed by atoms with van der Waals surface area (Å²) in [6.45, 7) is 0.529. The number of hydrogen-bond acceptors (Lipinski definition) is 4. The fourth-order valence-corrected chi connectivity index (χ4v) is 1.84. The van der Waals surface area contributed by atoms with Gasteiger partial charge in [0.25, 0.3) is 0 Å². The zero-order valence-corrected chi connectivity index (χ0v) is 8.47. The average Bonchev–Trinajstić information content (AvgIpc) is 3.00. The van der Waals surface area contributed by atoms with Crippen molar-refractivity contribution in [2.75, 3.05) is 6.26 Å². The highest BCUT2D eigenvalue weighted by molar-refractivity contribution is 7.98. The second-order valence-corrected chi connectivity index (χ2v) is 4.04. The standard InChI is InChI=1S/C9H13N3S/c1-13-9-7(4-10)5-11-8(12-9)6-2-3-6/h5-6H,2-4,10H2,1H3. The summed E-state index contributed by atoms with van der Waals surface area (Å²) in [5, 5.41) is 1.04. The average molecular weight is 195 g/mol. The van der Waals surface area contributed by atoms with Crippen LogP contribution in [0.3, 0.4) is 0 Å². The number of rotatable bonds is 3. The van der Waals surface area contributed by atoms with Crippen LogP contribution in [0.25, 0.3) is 0 Å². The molecule has 70 valence electrons. The van der Waals surface area contributed by atoms with Crippen LogP contribution < -0.4 is 5.73 Å². The van der Waals surface area contributed by atoms with Gasteiger partial charge in [0.15, 0.2) is 0 Å². The molecule has 1 aliphatic rings. The first-order chi connectivity index (χ1) is 6.35. The second-order valence-electron chi connectivity index (χ2n) is 3.24. The van der Waals surface area contributed by atoms with Crippen LogP contribution in [0.5, 0.6) is 0 Å². The van der Waals surface area contributed by atoms with E-state index < -0.39 is 0 Å². The van der Waals surface area contributed by atoms with Crippen molar-refractivity contribution >= 4 is 11.8 Å². The summed E-state index contributed by atoms with van der Waals surface area (Å²) in [4.78, 5) is 8.81. The van der Waals surface area contributed by atoms with Gasteiger partial charge in [-0.3, -0.25) is 0 Å². The van der Waals surface area contributed by atoms with Gasteiger partial charge in [-0.2, -0.15) is 0 Å². The van der Waals surface area contributed by atoms with Gasteiger partial charge in [-0.25, -0.2) is 9.97 Å². The maximum atomic E-state index is 5.57. The Morgan fingerprint density at radius 3 is 2.92 bits per heavy atom. The molecule has 0 unspecified atom stereocenters. The summed E-state index contributed by atoms with van der Waals surface area (Å²) in [7, 11) is 0. The predicted molar refractivity (Wildman–Crippen MR) is 53.7 cm³/mol. The van der Waals surface area contributed by atoms with Crippen LogP contribution in [0.2, 0.25) is 0 Å². The lowest BCUT2D eigenvalue weighted by Gasteiger charge is -2.04. The molecule has 0 saturated heterocycles. The summed E-state index contributed by atoms with van der Waals surface area (Å²) in [6, 6.07) is 0. The quantitative estimate of drug-likeness (QED) is 0.587. The maximum Gasteiger partial charge on any atom is 0.132 e. The molecular weight excluding hydrogens is 182 g/mol. The van der Waals surface area contributed by atoms with Gasteiger partial charge in [-0.15, -0.1) is 11.8 Å². The van der Waals surface area contributed by atoms with Crippen molar-refractivity contribution in [1.29, 1.82) is 0 Å². The van der Waals surface area contributed by atoms with Gasteiger partial charge in [0.1, 0.15) is 10.9 Å². The van der Waals surface area contributed by atoms with E-state index in [-0.39, 0.29) is 0 Å². The lowest BCUT2D eigenvalue weighted by atomic mass is 10.3. The van der Waals surface area contributed by atoms with Gasteiger partial charge in [0, 0.05) is 24.2 Å². The minimum Gasteiger partial charge on any atom is -0.326 e. The molecule has 0 amide bonds. The van der Waals surface area contributed by atoms with E-state index in [4.69, 9.17) is 5.73 Å². The van der Waals surface area contributed by atoms with Crippen molar-refractivity contribution in [3.8, 4) is 0 Å². The smallest absolute Gasteiger partial charge is 0.132 e. The highest BCUT2D eigenvalue weighted by atomic mass is 32.2. The molecule has 1 saturated carbocycles. The van der Waals surface area contributed by atoms with Gasteiger partial charge < -0.3 is 5.73 Å². The molecule has 1 heterocycles. The Labute approximate surface area is 82.2 Å². The third kappa shape index (κ3) is 1.84. The second kappa shape index (κ2) is 3.64. The van der Waals surface area contributed by atoms with Crippen molar-refractivity contribution in [3.63, 3.8) is 0 Å². The molecule has 2 rings (SSSR count). The van der Waals surface area contributed by atoms with E-state index in [1.54, 1.807) is 11.8 Å². The first-order valence-electron chi connectivity index (χ1n) is 4.45. The van der Waals surface area contributed by atoms with E-state index in [1.165, 1.54) is 12.8 Å². The molecule has 13 heavy (non-hydrogen) atoms. The fourth-order valence-electron chi connectivity index (χ4n) is 1.26. The van der Waals surface area contributed by atoms with Gasteiger partial charge in [-0.1, -0.05) is 0 Å². The minimum atomic E-state index is 0.529. The Morgan fingerprint density at radius 2 is 2.38 bits per heavy atom. The highest BCUT2D eigenvalue weighted by Crippen LogP contribution is 2.38. The molecule has 0 radical (unpaired) electrons. The Morgan fingerprint density at radius 1 is 1.62 bits per heavy atom. The van der Waals surface area contributed by atoms with Crippen LogP contribution in [0.4, 0.5) is 0 Å². The molecule has 3 nitrogen and oxygen atoms in total. The van der Waals surface area contributed by atoms with E-state index in [1.807, 2.05) is 12.5 Å². The largest absolute Gasteiger partial charge is 0.326 e. The van der Waals surface area contributed by atoms with Crippen molar-refractivity contribution < 1.29 is 0 Å². The summed E-state index contributed by atoms with van der Waals surface area (Å²) in [5.41, 5.74) is 6.63. The molecular formula is C9H13N3S. The minimum absolute atomic E-state index is 0.529. The Balaban J connectivity index is 2.31. The van der Waals surface area contributed by atoms with E-state index in [0.29, 0.717) is 12.5 Å². The van der Waals surface area contributed by atoms with E-state index in [9.17, 15) is 0 Å².